The van der Waals surface area contributed by atoms with Gasteiger partial charge in [-0.05, 0) is 49.1 Å². The number of carboxylic acids is 2. The molecule has 10 bridgehead atoms. The van der Waals surface area contributed by atoms with Crippen LogP contribution < -0.4 is 31.5 Å². The zero-order valence-electron chi connectivity index (χ0n) is 48.0. The van der Waals surface area contributed by atoms with Crippen molar-refractivity contribution in [2.24, 2.45) is 5.92 Å². The number of methoxy groups -OCH3 is 1. The SMILES string of the molecule is CNC(=O)C[C@@H]1NC(=O)c2csc(n2)-c2ccc(-c3nc(N(CCCC(=O)O)C(=O)c4ccc(C(=O)O)cn4)cs3)nc2-c2csc(n2)-c2csc(n2)[C@H]([C@@H](O)c2ccccc2)NC(=O)CNCc2nc(sc2COC)C(C(C)C)NC(=O)c2nc1sc2C. The van der Waals surface area contributed by atoms with Gasteiger partial charge in [-0.2, -0.15) is 0 Å². The molecule has 0 spiro atoms. The predicted octanol–water partition coefficient (Wildman–Crippen LogP) is 8.28. The Balaban J connectivity index is 1.05. The minimum Gasteiger partial charge on any atom is -0.481 e. The van der Waals surface area contributed by atoms with Gasteiger partial charge in [-0.25, -0.2) is 39.7 Å². The Morgan fingerprint density at radius 2 is 1.47 bits per heavy atom. The number of aromatic nitrogens is 8. The number of carboxylic acid groups (broad SMARTS) is 2. The summed E-state index contributed by atoms with van der Waals surface area (Å²) in [5, 5.41) is 54.9. The van der Waals surface area contributed by atoms with Crippen molar-refractivity contribution in [2.45, 2.75) is 77.4 Å². The van der Waals surface area contributed by atoms with Crippen LogP contribution in [0.15, 0.2) is 82.3 Å². The molecule has 89 heavy (non-hydrogen) atoms. The molecule has 0 fully saturated rings. The number of aromatic carboxylic acids is 1. The summed E-state index contributed by atoms with van der Waals surface area (Å²) in [4.78, 5) is 134. The number of nitrogens with zero attached hydrogens (tertiary/aromatic N) is 9. The number of aliphatic carboxylic acids is 1. The molecule has 9 heterocycles. The predicted molar refractivity (Wildman–Crippen MR) is 336 cm³/mol. The van der Waals surface area contributed by atoms with E-state index in [4.69, 9.17) is 39.6 Å². The van der Waals surface area contributed by atoms with Gasteiger partial charge in [0.05, 0.1) is 53.5 Å². The Hall–Kier alpha value is -8.53. The first kappa shape index (κ1) is 63.5. The summed E-state index contributed by atoms with van der Waals surface area (Å²) in [6.07, 6.45) is -0.587. The number of carbonyl (C=O) groups is 7. The third kappa shape index (κ3) is 14.8. The zero-order valence-corrected chi connectivity index (χ0v) is 52.9. The van der Waals surface area contributed by atoms with E-state index >= 15 is 0 Å². The summed E-state index contributed by atoms with van der Waals surface area (Å²) in [6, 6.07) is 12.3. The van der Waals surface area contributed by atoms with E-state index in [0.717, 1.165) is 45.1 Å². The number of carbonyl (C=O) groups excluding carboxylic acids is 5. The standard InChI is InChI=1S/C58H56N14O11S6/c1-27(2)44-56-64-35(39(89-56)22-83-5)20-60-21-42(74)69-47(48(77)29-10-7-6-8-11-29)55-67-38(25-86-55)53-65-36(23-85-53)46-31(51-66-37(24-84-51)49(78)63-34(18-41(73)59-4)54-71-45(28(3)88-54)50(79)70-44)14-16-32(62-46)52-68-40(26-87-52)72(17-9-12-43(75)76)57(80)33-15-13-30(19-61-33)58(81)82/h6-8,10-11,13-16,19,23-27,34,44,47-48,60,77H,9,12,17-18,20-22H2,1-5H3,(H,59,73)(H,63,78)(H,69,74)(H,70,79)(H,75,76)(H,81,82)/t34-,44?,47-,48-/m0/s1. The van der Waals surface area contributed by atoms with E-state index in [0.29, 0.717) is 74.5 Å². The molecule has 0 aliphatic carbocycles. The number of hydrogen-bond acceptors (Lipinski definition) is 24. The maximum absolute atomic E-state index is 14.4. The number of benzene rings is 1. The van der Waals surface area contributed by atoms with Crippen molar-refractivity contribution in [2.75, 3.05) is 32.1 Å². The van der Waals surface area contributed by atoms with E-state index in [1.165, 1.54) is 58.1 Å². The summed E-state index contributed by atoms with van der Waals surface area (Å²) >= 11 is 7.30. The molecule has 8 N–H and O–H groups in total. The van der Waals surface area contributed by atoms with Crippen LogP contribution in [0.5, 0.6) is 0 Å². The topological polar surface area (TPSA) is 356 Å². The van der Waals surface area contributed by atoms with Gasteiger partial charge >= 0.3 is 11.9 Å². The zero-order chi connectivity index (χ0) is 63.0. The molecule has 9 aromatic rings. The van der Waals surface area contributed by atoms with E-state index in [1.54, 1.807) is 72.0 Å². The van der Waals surface area contributed by atoms with E-state index in [2.05, 4.69) is 31.6 Å². The first-order valence-corrected chi connectivity index (χ1v) is 32.6. The number of anilines is 1. The van der Waals surface area contributed by atoms with Crippen molar-refractivity contribution in [3.63, 3.8) is 0 Å². The summed E-state index contributed by atoms with van der Waals surface area (Å²) in [6.45, 7) is 5.75. The van der Waals surface area contributed by atoms with Gasteiger partial charge in [-0.1, -0.05) is 44.2 Å². The minimum absolute atomic E-state index is 0.000359. The maximum Gasteiger partial charge on any atom is 0.337 e. The lowest BCUT2D eigenvalue weighted by molar-refractivity contribution is -0.137. The molecule has 25 nitrogen and oxygen atoms in total. The van der Waals surface area contributed by atoms with Crippen LogP contribution in [0.3, 0.4) is 0 Å². The maximum atomic E-state index is 14.4. The Kier molecular flexibility index (Phi) is 20.2. The number of aliphatic hydroxyl groups excluding tert-OH is 1. The average molecular weight is 1320 g/mol. The van der Waals surface area contributed by atoms with Gasteiger partial charge in [0.25, 0.3) is 17.7 Å². The van der Waals surface area contributed by atoms with Crippen molar-refractivity contribution in [1.82, 2.24) is 66.5 Å². The molecule has 4 atom stereocenters. The lowest BCUT2D eigenvalue weighted by Crippen LogP contribution is -2.38. The van der Waals surface area contributed by atoms with Crippen molar-refractivity contribution < 1.29 is 53.6 Å². The molecule has 0 saturated carbocycles. The summed E-state index contributed by atoms with van der Waals surface area (Å²) in [5.41, 5.74) is 2.92. The number of amides is 5. The van der Waals surface area contributed by atoms with E-state index < -0.39 is 65.7 Å². The molecular formula is C58H56N14O11S6. The van der Waals surface area contributed by atoms with Crippen LogP contribution in [0.25, 0.3) is 43.4 Å². The second-order valence-electron chi connectivity index (χ2n) is 20.4. The summed E-state index contributed by atoms with van der Waals surface area (Å²) in [5.74, 6) is -4.91. The van der Waals surface area contributed by atoms with Crippen LogP contribution in [-0.2, 0) is 32.3 Å². The van der Waals surface area contributed by atoms with Gasteiger partial charge in [0.15, 0.2) is 0 Å². The highest BCUT2D eigenvalue weighted by atomic mass is 32.1. The largest absolute Gasteiger partial charge is 0.481 e. The number of rotatable bonds is 15. The molecular weight excluding hydrogens is 1260 g/mol. The van der Waals surface area contributed by atoms with Gasteiger partial charge in [-0.3, -0.25) is 38.7 Å². The highest BCUT2D eigenvalue weighted by molar-refractivity contribution is 7.15. The smallest absolute Gasteiger partial charge is 0.337 e. The fourth-order valence-corrected chi connectivity index (χ4v) is 14.8. The van der Waals surface area contributed by atoms with Crippen LogP contribution in [-0.4, -0.2) is 124 Å². The lowest BCUT2D eigenvalue weighted by atomic mass is 10.0. The highest BCUT2D eigenvalue weighted by Crippen LogP contribution is 2.40. The average Bonchev–Trinajstić information content (AvgIpc) is 1.91. The Morgan fingerprint density at radius 3 is 2.20 bits per heavy atom. The normalized spacial score (nSPS) is 16.0. The Morgan fingerprint density at radius 1 is 0.730 bits per heavy atom. The first-order chi connectivity index (χ1) is 42.8. The van der Waals surface area contributed by atoms with E-state index in [1.807, 2.05) is 19.9 Å². The van der Waals surface area contributed by atoms with Gasteiger partial charge in [-0.15, -0.1) is 68.0 Å². The molecule has 1 unspecified atom stereocenters. The van der Waals surface area contributed by atoms with Crippen LogP contribution >= 0.6 is 68.0 Å². The number of nitrogens with one attached hydrogen (secondary N) is 5. The second-order valence-corrected chi connectivity index (χ2v) is 26.2. The van der Waals surface area contributed by atoms with Gasteiger partial charge < -0.3 is 46.6 Å². The van der Waals surface area contributed by atoms with Crippen LogP contribution in [0.1, 0.15) is 135 Å². The minimum atomic E-state index is -1.23. The molecule has 460 valence electrons. The monoisotopic (exact) mass is 1320 g/mol. The molecule has 10 rings (SSSR count). The van der Waals surface area contributed by atoms with Crippen molar-refractivity contribution in [1.29, 1.82) is 0 Å². The Labute approximate surface area is 531 Å². The number of aliphatic hydroxyl groups is 1. The number of fused-ring (bicyclic) bond motifs is 14. The number of pyridine rings is 2. The molecule has 0 radical (unpaired) electrons. The van der Waals surface area contributed by atoms with Gasteiger partial charge in [0.1, 0.15) is 82.2 Å². The molecule has 31 heteroatoms. The number of ether oxygens (including phenoxy) is 1. The first-order valence-electron chi connectivity index (χ1n) is 27.4. The van der Waals surface area contributed by atoms with Crippen molar-refractivity contribution in [3.8, 4) is 43.4 Å². The molecule has 0 saturated heterocycles. The van der Waals surface area contributed by atoms with E-state index in [9.17, 15) is 48.9 Å². The fourth-order valence-electron chi connectivity index (χ4n) is 9.25. The highest BCUT2D eigenvalue weighted by Gasteiger charge is 2.33. The van der Waals surface area contributed by atoms with Crippen LogP contribution in [0, 0.1) is 12.8 Å². The van der Waals surface area contributed by atoms with Gasteiger partial charge in [0, 0.05) is 71.8 Å². The third-order valence-corrected chi connectivity index (χ3v) is 19.6. The summed E-state index contributed by atoms with van der Waals surface area (Å²) < 4.78 is 5.55. The third-order valence-electron chi connectivity index (χ3n) is 13.8. The number of thiazole rings is 6. The summed E-state index contributed by atoms with van der Waals surface area (Å²) in [7, 11) is 3.03. The van der Waals surface area contributed by atoms with Crippen LogP contribution in [0.4, 0.5) is 5.82 Å². The van der Waals surface area contributed by atoms with E-state index in [-0.39, 0.29) is 79.9 Å². The quantitative estimate of drug-likeness (QED) is 0.0478. The molecule has 1 aromatic carbocycles. The van der Waals surface area contributed by atoms with Crippen LogP contribution in [0.2, 0.25) is 0 Å². The molecule has 1 aliphatic heterocycles. The van der Waals surface area contributed by atoms with Gasteiger partial charge in [0.2, 0.25) is 11.8 Å². The molecule has 8 aromatic heterocycles. The van der Waals surface area contributed by atoms with Crippen molar-refractivity contribution in [3.05, 3.63) is 141 Å². The Bertz CT molecular complexity index is 4080. The second kappa shape index (κ2) is 28.3. The number of aryl methyl sites for hydroxylation is 1. The molecule has 1 aliphatic rings. The molecule has 5 amide bonds. The van der Waals surface area contributed by atoms with Crippen molar-refractivity contribution >= 4 is 115 Å². The fraction of sp³-hybridized carbons (Fsp3) is 0.293. The lowest BCUT2D eigenvalue weighted by Gasteiger charge is -2.23. The number of hydrogen-bond donors (Lipinski definition) is 8.